The Morgan fingerprint density at radius 3 is 1.77 bits per heavy atom. The Hall–Kier alpha value is -0.950. The first kappa shape index (κ1) is 12.0. The van der Waals surface area contributed by atoms with Crippen LogP contribution in [0.2, 0.25) is 0 Å². The molecule has 1 amide bonds. The maximum Gasteiger partial charge on any atom is 0.471 e. The van der Waals surface area contributed by atoms with Crippen molar-refractivity contribution in [2.75, 3.05) is 13.6 Å². The van der Waals surface area contributed by atoms with Gasteiger partial charge in [0.2, 0.25) is 0 Å². The van der Waals surface area contributed by atoms with Gasteiger partial charge in [-0.25, -0.2) is 0 Å². The van der Waals surface area contributed by atoms with Crippen LogP contribution in [-0.2, 0) is 4.79 Å². The predicted molar refractivity (Wildman–Crippen MR) is 29.7 cm³/mol. The summed E-state index contributed by atoms with van der Waals surface area (Å²) in [5.74, 6) is -2.51. The maximum absolute atomic E-state index is 11.5. The number of carbonyl (C=O) groups is 1. The van der Waals surface area contributed by atoms with Crippen molar-refractivity contribution < 1.29 is 31.1 Å². The number of nitrogens with zero attached hydrogens (tertiary/aromatic N) is 1. The van der Waals surface area contributed by atoms with Crippen molar-refractivity contribution in [3.05, 3.63) is 0 Å². The third-order valence-corrected chi connectivity index (χ3v) is 1.01. The molecule has 0 saturated heterocycles. The molecule has 0 unspecified atom stereocenters. The molecule has 0 aliphatic carbocycles. The number of halogens is 6. The molecule has 0 aliphatic rings. The minimum atomic E-state index is -5.26. The van der Waals surface area contributed by atoms with E-state index >= 15 is 0 Å². The molecule has 0 aromatic rings. The van der Waals surface area contributed by atoms with Crippen LogP contribution in [0.3, 0.4) is 0 Å². The molecular formula is C5H5F6NO. The van der Waals surface area contributed by atoms with Gasteiger partial charge in [-0.15, -0.1) is 0 Å². The zero-order valence-electron chi connectivity index (χ0n) is 6.33. The molecule has 0 aromatic heterocycles. The molecule has 0 aliphatic heterocycles. The first-order valence-corrected chi connectivity index (χ1v) is 2.93. The van der Waals surface area contributed by atoms with E-state index < -0.39 is 29.7 Å². The number of hydrogen-bond acceptors (Lipinski definition) is 1. The number of amides is 1. The average Bonchev–Trinajstić information content (AvgIpc) is 1.79. The molecule has 78 valence electrons. The summed E-state index contributed by atoms with van der Waals surface area (Å²) in [6, 6.07) is 0. The number of rotatable bonds is 1. The summed E-state index contributed by atoms with van der Waals surface area (Å²) in [6.45, 7) is -1.91. The minimum absolute atomic E-state index is 0.431. The lowest BCUT2D eigenvalue weighted by molar-refractivity contribution is -0.195. The van der Waals surface area contributed by atoms with Crippen molar-refractivity contribution in [1.29, 1.82) is 0 Å². The molecule has 2 nitrogen and oxygen atoms in total. The van der Waals surface area contributed by atoms with Gasteiger partial charge in [-0.3, -0.25) is 4.79 Å². The van der Waals surface area contributed by atoms with Crippen molar-refractivity contribution in [2.24, 2.45) is 0 Å². The van der Waals surface area contributed by atoms with E-state index in [1.54, 1.807) is 0 Å². The third kappa shape index (κ3) is 4.58. The van der Waals surface area contributed by atoms with E-state index in [9.17, 15) is 31.1 Å². The molecule has 0 bridgehead atoms. The van der Waals surface area contributed by atoms with Gasteiger partial charge in [0.05, 0.1) is 0 Å². The third-order valence-electron chi connectivity index (χ3n) is 1.01. The van der Waals surface area contributed by atoms with Gasteiger partial charge in [0.25, 0.3) is 0 Å². The molecule has 0 radical (unpaired) electrons. The highest BCUT2D eigenvalue weighted by Crippen LogP contribution is 2.21. The van der Waals surface area contributed by atoms with E-state index in [2.05, 4.69) is 0 Å². The molecule has 0 atom stereocenters. The number of alkyl halides is 6. The Morgan fingerprint density at radius 2 is 1.54 bits per heavy atom. The summed E-state index contributed by atoms with van der Waals surface area (Å²) in [5.41, 5.74) is 0. The van der Waals surface area contributed by atoms with Crippen molar-refractivity contribution in [3.63, 3.8) is 0 Å². The van der Waals surface area contributed by atoms with Crippen LogP contribution >= 0.6 is 0 Å². The van der Waals surface area contributed by atoms with E-state index in [1.807, 2.05) is 0 Å². The highest BCUT2D eigenvalue weighted by atomic mass is 19.4. The van der Waals surface area contributed by atoms with E-state index in [1.165, 1.54) is 0 Å². The average molecular weight is 209 g/mol. The Labute approximate surface area is 69.1 Å². The summed E-state index contributed by atoms with van der Waals surface area (Å²) in [4.78, 5) is 9.71. The van der Waals surface area contributed by atoms with Crippen molar-refractivity contribution in [2.45, 2.75) is 12.4 Å². The lowest BCUT2D eigenvalue weighted by Crippen LogP contribution is -2.43. The molecule has 13 heavy (non-hydrogen) atoms. The number of hydrogen-bond donors (Lipinski definition) is 0. The van der Waals surface area contributed by atoms with Crippen molar-refractivity contribution in [3.8, 4) is 0 Å². The van der Waals surface area contributed by atoms with Gasteiger partial charge < -0.3 is 4.90 Å². The summed E-state index contributed by atoms with van der Waals surface area (Å²) in [6.07, 6.45) is -10.1. The molecular weight excluding hydrogens is 204 g/mol. The second-order valence-corrected chi connectivity index (χ2v) is 2.27. The van der Waals surface area contributed by atoms with Gasteiger partial charge >= 0.3 is 18.3 Å². The predicted octanol–water partition coefficient (Wildman–Crippen LogP) is 1.57. The van der Waals surface area contributed by atoms with Crippen molar-refractivity contribution in [1.82, 2.24) is 4.90 Å². The minimum Gasteiger partial charge on any atom is -0.329 e. The fourth-order valence-corrected chi connectivity index (χ4v) is 0.557. The Bertz CT molecular complexity index is 194. The molecule has 8 heteroatoms. The molecule has 0 fully saturated rings. The maximum atomic E-state index is 11.5. The molecule has 0 spiro atoms. The van der Waals surface area contributed by atoms with Gasteiger partial charge in [-0.1, -0.05) is 0 Å². The van der Waals surface area contributed by atoms with E-state index in [4.69, 9.17) is 0 Å². The van der Waals surface area contributed by atoms with Crippen LogP contribution in [0, 0.1) is 0 Å². The van der Waals surface area contributed by atoms with Crippen LogP contribution in [0.4, 0.5) is 26.3 Å². The Kier molecular flexibility index (Phi) is 3.18. The highest BCUT2D eigenvalue weighted by Gasteiger charge is 2.44. The molecule has 0 saturated carbocycles. The van der Waals surface area contributed by atoms with E-state index in [0.717, 1.165) is 0 Å². The van der Waals surface area contributed by atoms with Crippen LogP contribution in [0.1, 0.15) is 0 Å². The summed E-state index contributed by atoms with van der Waals surface area (Å²) >= 11 is 0. The second kappa shape index (κ2) is 3.43. The summed E-state index contributed by atoms with van der Waals surface area (Å²) < 4.78 is 69.0. The smallest absolute Gasteiger partial charge is 0.329 e. The van der Waals surface area contributed by atoms with Gasteiger partial charge in [0, 0.05) is 7.05 Å². The Morgan fingerprint density at radius 1 is 1.15 bits per heavy atom. The quantitative estimate of drug-likeness (QED) is 0.600. The van der Waals surface area contributed by atoms with Crippen molar-refractivity contribution >= 4 is 5.91 Å². The van der Waals surface area contributed by atoms with E-state index in [0.29, 0.717) is 7.05 Å². The molecule has 0 heterocycles. The first-order valence-electron chi connectivity index (χ1n) is 2.93. The van der Waals surface area contributed by atoms with Crippen LogP contribution < -0.4 is 0 Å². The van der Waals surface area contributed by atoms with Gasteiger partial charge in [-0.05, 0) is 0 Å². The Balaban J connectivity index is 4.30. The SMILES string of the molecule is CN(CC(F)(F)F)C(=O)C(F)(F)F. The summed E-state index contributed by atoms with van der Waals surface area (Å²) in [7, 11) is 0.434. The highest BCUT2D eigenvalue weighted by molar-refractivity contribution is 5.81. The van der Waals surface area contributed by atoms with E-state index in [-0.39, 0.29) is 0 Å². The van der Waals surface area contributed by atoms with Gasteiger partial charge in [0.1, 0.15) is 6.54 Å². The zero-order chi connectivity index (χ0) is 10.9. The standard InChI is InChI=1S/C5H5F6NO/c1-12(2-4(6,7)8)3(13)5(9,10)11/h2H2,1H3. The fraction of sp³-hybridized carbons (Fsp3) is 0.800. The lowest BCUT2D eigenvalue weighted by atomic mass is 10.5. The summed E-state index contributed by atoms with van der Waals surface area (Å²) in [5, 5.41) is 0. The fourth-order valence-electron chi connectivity index (χ4n) is 0.557. The zero-order valence-corrected chi connectivity index (χ0v) is 6.33. The lowest BCUT2D eigenvalue weighted by Gasteiger charge is -2.19. The first-order chi connectivity index (χ1) is 5.54. The second-order valence-electron chi connectivity index (χ2n) is 2.27. The van der Waals surface area contributed by atoms with Gasteiger partial charge in [0.15, 0.2) is 0 Å². The molecule has 0 N–H and O–H groups in total. The van der Waals surface area contributed by atoms with Gasteiger partial charge in [-0.2, -0.15) is 26.3 Å². The molecule has 0 aromatic carbocycles. The number of carbonyl (C=O) groups excluding carboxylic acids is 1. The van der Waals surface area contributed by atoms with Crippen LogP contribution in [0.25, 0.3) is 0 Å². The van der Waals surface area contributed by atoms with Crippen LogP contribution in [-0.4, -0.2) is 36.8 Å². The van der Waals surface area contributed by atoms with Crippen LogP contribution in [0.15, 0.2) is 0 Å². The monoisotopic (exact) mass is 209 g/mol. The topological polar surface area (TPSA) is 20.3 Å². The normalized spacial score (nSPS) is 12.8. The van der Waals surface area contributed by atoms with Crippen LogP contribution in [0.5, 0.6) is 0 Å². The largest absolute Gasteiger partial charge is 0.471 e. The molecule has 0 rings (SSSR count).